The lowest BCUT2D eigenvalue weighted by molar-refractivity contribution is 1.79. The first kappa shape index (κ1) is 16.5. The molecule has 0 nitrogen and oxygen atoms in total. The number of hydrogen-bond donors (Lipinski definition) is 0. The van der Waals surface area contributed by atoms with Gasteiger partial charge in [0.05, 0.1) is 0 Å². The van der Waals surface area contributed by atoms with Gasteiger partial charge in [-0.15, -0.1) is 0 Å². The molecule has 32 heavy (non-hydrogen) atoms. The fraction of sp³-hybridized carbons (Fsp3) is 0. The van der Waals surface area contributed by atoms with Crippen LogP contribution in [0.3, 0.4) is 0 Å². The second-order valence-corrected chi connectivity index (χ2v) is 8.98. The van der Waals surface area contributed by atoms with E-state index in [1.54, 1.807) is 0 Å². The van der Waals surface area contributed by atoms with E-state index in [2.05, 4.69) is 109 Å². The van der Waals surface area contributed by atoms with Crippen LogP contribution in [0.2, 0.25) is 0 Å². The third-order valence-electron chi connectivity index (χ3n) is 7.29. The Hall–Kier alpha value is -4.16. The van der Waals surface area contributed by atoms with Gasteiger partial charge in [0.2, 0.25) is 0 Å². The summed E-state index contributed by atoms with van der Waals surface area (Å²) in [6, 6.07) is 40.7. The standard InChI is InChI=1S/C32H18/c1-2-7-21-15-27-24(14-20(21)6-1)18-30-29-17-23-9-4-3-8-22(23)16-28(29)25-11-5-10-19-12-13-26(27)32(30)31(19)25/h1-18H. The molecule has 8 rings (SSSR count). The van der Waals surface area contributed by atoms with Crippen molar-refractivity contribution >= 4 is 75.4 Å². The molecule has 0 aromatic heterocycles. The van der Waals surface area contributed by atoms with Crippen LogP contribution >= 0.6 is 0 Å². The maximum absolute atomic E-state index is 2.42. The Bertz CT molecular complexity index is 2020. The van der Waals surface area contributed by atoms with Gasteiger partial charge >= 0.3 is 0 Å². The fourth-order valence-corrected chi connectivity index (χ4v) is 5.84. The molecule has 0 N–H and O–H groups in total. The number of benzene rings is 8. The number of fused-ring (bicyclic) bond motifs is 7. The van der Waals surface area contributed by atoms with Crippen molar-refractivity contribution in [3.63, 3.8) is 0 Å². The van der Waals surface area contributed by atoms with Gasteiger partial charge < -0.3 is 0 Å². The summed E-state index contributed by atoms with van der Waals surface area (Å²) in [5.74, 6) is 0. The summed E-state index contributed by atoms with van der Waals surface area (Å²) in [5.41, 5.74) is 0. The molecule has 8 aromatic carbocycles. The van der Waals surface area contributed by atoms with Crippen molar-refractivity contribution in [1.29, 1.82) is 0 Å². The minimum atomic E-state index is 1.29. The molecule has 8 aromatic rings. The summed E-state index contributed by atoms with van der Waals surface area (Å²) in [6.45, 7) is 0. The monoisotopic (exact) mass is 402 g/mol. The van der Waals surface area contributed by atoms with Gasteiger partial charge in [0, 0.05) is 0 Å². The first-order chi connectivity index (χ1) is 15.8. The highest BCUT2D eigenvalue weighted by Crippen LogP contribution is 2.44. The van der Waals surface area contributed by atoms with Gasteiger partial charge in [-0.25, -0.2) is 0 Å². The fourth-order valence-electron chi connectivity index (χ4n) is 5.84. The minimum absolute atomic E-state index is 1.29. The Kier molecular flexibility index (Phi) is 2.97. The molecule has 0 saturated carbocycles. The molecule has 0 heterocycles. The Morgan fingerprint density at radius 3 is 1.50 bits per heavy atom. The maximum Gasteiger partial charge on any atom is -0.00139 e. The van der Waals surface area contributed by atoms with E-state index in [1.807, 2.05) is 0 Å². The van der Waals surface area contributed by atoms with Crippen LogP contribution in [0.5, 0.6) is 0 Å². The molecule has 0 spiro atoms. The van der Waals surface area contributed by atoms with Crippen molar-refractivity contribution in [3.05, 3.63) is 109 Å². The van der Waals surface area contributed by atoms with Gasteiger partial charge in [-0.1, -0.05) is 78.9 Å². The van der Waals surface area contributed by atoms with Gasteiger partial charge in [-0.3, -0.25) is 0 Å². The second kappa shape index (κ2) is 5.75. The van der Waals surface area contributed by atoms with E-state index >= 15 is 0 Å². The highest BCUT2D eigenvalue weighted by molar-refractivity contribution is 6.38. The normalized spacial score (nSPS) is 12.4. The second-order valence-electron chi connectivity index (χ2n) is 8.98. The van der Waals surface area contributed by atoms with E-state index < -0.39 is 0 Å². The van der Waals surface area contributed by atoms with Crippen LogP contribution in [0.15, 0.2) is 109 Å². The molecule has 0 radical (unpaired) electrons. The van der Waals surface area contributed by atoms with E-state index in [1.165, 1.54) is 75.4 Å². The number of rotatable bonds is 0. The molecule has 0 heteroatoms. The number of hydrogen-bond acceptors (Lipinski definition) is 0. The summed E-state index contributed by atoms with van der Waals surface area (Å²) in [5, 5.41) is 18.7. The molecule has 0 unspecified atom stereocenters. The lowest BCUT2D eigenvalue weighted by Gasteiger charge is -2.17. The van der Waals surface area contributed by atoms with Crippen LogP contribution in [0, 0.1) is 0 Å². The Morgan fingerprint density at radius 2 is 0.781 bits per heavy atom. The molecular weight excluding hydrogens is 384 g/mol. The summed E-state index contributed by atoms with van der Waals surface area (Å²) in [4.78, 5) is 0. The van der Waals surface area contributed by atoms with Crippen LogP contribution in [0.25, 0.3) is 75.4 Å². The average molecular weight is 402 g/mol. The van der Waals surface area contributed by atoms with Crippen molar-refractivity contribution in [3.8, 4) is 0 Å². The third kappa shape index (κ3) is 2.02. The van der Waals surface area contributed by atoms with Crippen molar-refractivity contribution in [2.45, 2.75) is 0 Å². The molecule has 0 aliphatic rings. The van der Waals surface area contributed by atoms with Crippen molar-refractivity contribution in [1.82, 2.24) is 0 Å². The van der Waals surface area contributed by atoms with E-state index in [-0.39, 0.29) is 0 Å². The molecule has 0 amide bonds. The predicted molar refractivity (Wildman–Crippen MR) is 140 cm³/mol. The Morgan fingerprint density at radius 1 is 0.250 bits per heavy atom. The molecule has 146 valence electrons. The van der Waals surface area contributed by atoms with Crippen LogP contribution < -0.4 is 0 Å². The topological polar surface area (TPSA) is 0 Å². The smallest absolute Gasteiger partial charge is 0.00139 e. The van der Waals surface area contributed by atoms with Crippen LogP contribution in [-0.2, 0) is 0 Å². The van der Waals surface area contributed by atoms with Crippen molar-refractivity contribution in [2.75, 3.05) is 0 Å². The lowest BCUT2D eigenvalue weighted by atomic mass is 9.86. The molecule has 0 aliphatic heterocycles. The minimum Gasteiger partial charge on any atom is -0.0616 e. The summed E-state index contributed by atoms with van der Waals surface area (Å²) < 4.78 is 0. The Labute approximate surface area is 184 Å². The van der Waals surface area contributed by atoms with Gasteiger partial charge in [-0.05, 0) is 106 Å². The first-order valence-electron chi connectivity index (χ1n) is 11.2. The molecule has 0 aliphatic carbocycles. The zero-order chi connectivity index (χ0) is 20.8. The van der Waals surface area contributed by atoms with Crippen LogP contribution in [-0.4, -0.2) is 0 Å². The van der Waals surface area contributed by atoms with Crippen molar-refractivity contribution in [2.24, 2.45) is 0 Å². The summed E-state index contributed by atoms with van der Waals surface area (Å²) in [6.07, 6.45) is 0. The molecule has 0 saturated heterocycles. The van der Waals surface area contributed by atoms with Gasteiger partial charge in [0.15, 0.2) is 0 Å². The maximum atomic E-state index is 2.42. The molecule has 0 atom stereocenters. The van der Waals surface area contributed by atoms with Crippen LogP contribution in [0.1, 0.15) is 0 Å². The molecule has 0 bridgehead atoms. The van der Waals surface area contributed by atoms with Gasteiger partial charge in [0.1, 0.15) is 0 Å². The van der Waals surface area contributed by atoms with E-state index in [4.69, 9.17) is 0 Å². The SMILES string of the molecule is c1ccc2cc3c(cc2c1)cc1c2cc4ccccc4cc2c2cccc4ccc3c1c42. The van der Waals surface area contributed by atoms with E-state index in [9.17, 15) is 0 Å². The first-order valence-corrected chi connectivity index (χ1v) is 11.2. The molecular formula is C32H18. The lowest BCUT2D eigenvalue weighted by Crippen LogP contribution is -1.89. The zero-order valence-corrected chi connectivity index (χ0v) is 17.4. The molecule has 0 fully saturated rings. The van der Waals surface area contributed by atoms with Gasteiger partial charge in [-0.2, -0.15) is 0 Å². The van der Waals surface area contributed by atoms with Gasteiger partial charge in [0.25, 0.3) is 0 Å². The van der Waals surface area contributed by atoms with E-state index in [0.29, 0.717) is 0 Å². The predicted octanol–water partition coefficient (Wildman–Crippen LogP) is 9.20. The quantitative estimate of drug-likeness (QED) is 0.175. The zero-order valence-electron chi connectivity index (χ0n) is 17.4. The average Bonchev–Trinajstić information content (AvgIpc) is 2.85. The van der Waals surface area contributed by atoms with Crippen molar-refractivity contribution < 1.29 is 0 Å². The van der Waals surface area contributed by atoms with E-state index in [0.717, 1.165) is 0 Å². The highest BCUT2D eigenvalue weighted by Gasteiger charge is 2.16. The summed E-state index contributed by atoms with van der Waals surface area (Å²) >= 11 is 0. The largest absolute Gasteiger partial charge is 0.0616 e. The van der Waals surface area contributed by atoms with Crippen LogP contribution in [0.4, 0.5) is 0 Å². The Balaban J connectivity index is 1.73. The third-order valence-corrected chi connectivity index (χ3v) is 7.29. The summed E-state index contributed by atoms with van der Waals surface area (Å²) in [7, 11) is 0. The highest BCUT2D eigenvalue weighted by atomic mass is 14.2.